The van der Waals surface area contributed by atoms with Gasteiger partial charge in [-0.05, 0) is 50.2 Å². The van der Waals surface area contributed by atoms with Crippen LogP contribution in [0.15, 0.2) is 36.4 Å². The van der Waals surface area contributed by atoms with Crippen LogP contribution in [0.25, 0.3) is 0 Å². The van der Waals surface area contributed by atoms with Crippen molar-refractivity contribution >= 4 is 28.8 Å². The third-order valence-electron chi connectivity index (χ3n) is 2.67. The Labute approximate surface area is 122 Å². The molecule has 0 aliphatic rings. The summed E-state index contributed by atoms with van der Waals surface area (Å²) in [4.78, 5) is 13.9. The summed E-state index contributed by atoms with van der Waals surface area (Å²) in [6.45, 7) is 5.05. The lowest BCUT2D eigenvalue weighted by Crippen LogP contribution is -2.13. The number of carbonyl (C=O) groups excluding carboxylic acids is 1. The molecule has 0 atom stereocenters. The van der Waals surface area contributed by atoms with Crippen LogP contribution in [0.1, 0.15) is 16.7 Å². The Morgan fingerprint density at radius 3 is 2.45 bits per heavy atom. The average Bonchev–Trinajstić information content (AvgIpc) is 2.84. The molecule has 1 amide bonds. The number of benzene rings is 1. The molecule has 4 nitrogen and oxygen atoms in total. The van der Waals surface area contributed by atoms with Gasteiger partial charge in [0.1, 0.15) is 0 Å². The standard InChI is InChI=1S/C15H18N2O2S/c1-3-19-15(18)17-13-7-5-12(6-8-13)16-10-14-9-4-11(2)20-14/h4-9,16H,3,10H2,1-2H3,(H,17,18). The van der Waals surface area contributed by atoms with Gasteiger partial charge in [0, 0.05) is 27.7 Å². The van der Waals surface area contributed by atoms with Crippen molar-refractivity contribution in [2.24, 2.45) is 0 Å². The SMILES string of the molecule is CCOC(=O)Nc1ccc(NCc2ccc(C)s2)cc1. The minimum atomic E-state index is -0.428. The monoisotopic (exact) mass is 290 g/mol. The largest absolute Gasteiger partial charge is 0.450 e. The minimum Gasteiger partial charge on any atom is -0.450 e. The summed E-state index contributed by atoms with van der Waals surface area (Å²) in [7, 11) is 0. The van der Waals surface area contributed by atoms with Gasteiger partial charge in [-0.1, -0.05) is 0 Å². The Hall–Kier alpha value is -2.01. The summed E-state index contributed by atoms with van der Waals surface area (Å²) in [6, 6.07) is 11.8. The number of hydrogen-bond donors (Lipinski definition) is 2. The van der Waals surface area contributed by atoms with Gasteiger partial charge in [0.2, 0.25) is 0 Å². The third-order valence-corrected chi connectivity index (χ3v) is 3.67. The lowest BCUT2D eigenvalue weighted by molar-refractivity contribution is 0.168. The summed E-state index contributed by atoms with van der Waals surface area (Å²) in [5, 5.41) is 6.01. The number of aryl methyl sites for hydroxylation is 1. The third kappa shape index (κ3) is 4.28. The summed E-state index contributed by atoms with van der Waals surface area (Å²) in [5.74, 6) is 0. The van der Waals surface area contributed by atoms with E-state index in [0.29, 0.717) is 6.61 Å². The molecule has 0 saturated carbocycles. The molecular formula is C15H18N2O2S. The van der Waals surface area contributed by atoms with Crippen molar-refractivity contribution in [1.82, 2.24) is 0 Å². The van der Waals surface area contributed by atoms with Crippen molar-refractivity contribution in [2.45, 2.75) is 20.4 Å². The van der Waals surface area contributed by atoms with Gasteiger partial charge in [-0.3, -0.25) is 5.32 Å². The van der Waals surface area contributed by atoms with Gasteiger partial charge < -0.3 is 10.1 Å². The molecule has 0 saturated heterocycles. The molecule has 1 aromatic heterocycles. The maximum Gasteiger partial charge on any atom is 0.411 e. The smallest absolute Gasteiger partial charge is 0.411 e. The number of nitrogens with one attached hydrogen (secondary N) is 2. The van der Waals surface area contributed by atoms with E-state index in [1.54, 1.807) is 18.3 Å². The fraction of sp³-hybridized carbons (Fsp3) is 0.267. The van der Waals surface area contributed by atoms with E-state index in [1.807, 2.05) is 24.3 Å². The Balaban J connectivity index is 1.86. The van der Waals surface area contributed by atoms with Crippen LogP contribution in [0.3, 0.4) is 0 Å². The van der Waals surface area contributed by atoms with Crippen molar-refractivity contribution in [2.75, 3.05) is 17.2 Å². The zero-order valence-corrected chi connectivity index (χ0v) is 12.4. The summed E-state index contributed by atoms with van der Waals surface area (Å²) >= 11 is 1.79. The van der Waals surface area contributed by atoms with E-state index in [4.69, 9.17) is 4.74 Å². The molecule has 0 aliphatic heterocycles. The molecule has 20 heavy (non-hydrogen) atoms. The second kappa shape index (κ2) is 6.96. The summed E-state index contributed by atoms with van der Waals surface area (Å²) in [6.07, 6.45) is -0.428. The first kappa shape index (κ1) is 14.4. The molecule has 0 bridgehead atoms. The van der Waals surface area contributed by atoms with Gasteiger partial charge in [0.05, 0.1) is 6.61 Å². The van der Waals surface area contributed by atoms with Crippen LogP contribution in [0, 0.1) is 6.92 Å². The molecule has 2 aromatic rings. The van der Waals surface area contributed by atoms with E-state index in [1.165, 1.54) is 9.75 Å². The van der Waals surface area contributed by atoms with Gasteiger partial charge in [0.25, 0.3) is 0 Å². The topological polar surface area (TPSA) is 50.4 Å². The van der Waals surface area contributed by atoms with Crippen molar-refractivity contribution in [3.05, 3.63) is 46.2 Å². The molecular weight excluding hydrogens is 272 g/mol. The predicted octanol–water partition coefficient (Wildman–Crippen LogP) is 4.24. The van der Waals surface area contributed by atoms with E-state index in [2.05, 4.69) is 29.7 Å². The highest BCUT2D eigenvalue weighted by atomic mass is 32.1. The van der Waals surface area contributed by atoms with Crippen molar-refractivity contribution in [3.63, 3.8) is 0 Å². The molecule has 5 heteroatoms. The number of rotatable bonds is 5. The van der Waals surface area contributed by atoms with Crippen LogP contribution in [0.2, 0.25) is 0 Å². The number of carbonyl (C=O) groups is 1. The molecule has 2 N–H and O–H groups in total. The fourth-order valence-electron chi connectivity index (χ4n) is 1.73. The second-order valence-electron chi connectivity index (χ2n) is 4.29. The molecule has 1 heterocycles. The van der Waals surface area contributed by atoms with Gasteiger partial charge >= 0.3 is 6.09 Å². The summed E-state index contributed by atoms with van der Waals surface area (Å²) < 4.78 is 4.82. The first-order valence-corrected chi connectivity index (χ1v) is 7.32. The maximum atomic E-state index is 11.3. The molecule has 0 radical (unpaired) electrons. The van der Waals surface area contributed by atoms with E-state index < -0.39 is 6.09 Å². The molecule has 0 spiro atoms. The predicted molar refractivity (Wildman–Crippen MR) is 83.5 cm³/mol. The molecule has 106 valence electrons. The van der Waals surface area contributed by atoms with Gasteiger partial charge in [-0.25, -0.2) is 4.79 Å². The number of thiophene rings is 1. The highest BCUT2D eigenvalue weighted by Crippen LogP contribution is 2.18. The molecule has 0 aliphatic carbocycles. The molecule has 2 rings (SSSR count). The van der Waals surface area contributed by atoms with E-state index in [0.717, 1.165) is 17.9 Å². The van der Waals surface area contributed by atoms with Crippen molar-refractivity contribution in [1.29, 1.82) is 0 Å². The normalized spacial score (nSPS) is 10.1. The van der Waals surface area contributed by atoms with Crippen molar-refractivity contribution < 1.29 is 9.53 Å². The van der Waals surface area contributed by atoms with Crippen LogP contribution in [-0.2, 0) is 11.3 Å². The fourth-order valence-corrected chi connectivity index (χ4v) is 2.56. The van der Waals surface area contributed by atoms with Gasteiger partial charge in [-0.2, -0.15) is 0 Å². The van der Waals surface area contributed by atoms with Gasteiger partial charge in [-0.15, -0.1) is 11.3 Å². The van der Waals surface area contributed by atoms with Crippen LogP contribution in [0.4, 0.5) is 16.2 Å². The van der Waals surface area contributed by atoms with E-state index >= 15 is 0 Å². The number of anilines is 2. The Morgan fingerprint density at radius 1 is 1.15 bits per heavy atom. The Bertz CT molecular complexity index is 564. The van der Waals surface area contributed by atoms with Crippen LogP contribution in [0.5, 0.6) is 0 Å². The number of hydrogen-bond acceptors (Lipinski definition) is 4. The molecule has 1 aromatic carbocycles. The zero-order valence-electron chi connectivity index (χ0n) is 11.6. The lowest BCUT2D eigenvalue weighted by atomic mass is 10.3. The number of ether oxygens (including phenoxy) is 1. The van der Waals surface area contributed by atoms with E-state index in [-0.39, 0.29) is 0 Å². The van der Waals surface area contributed by atoms with Gasteiger partial charge in [0.15, 0.2) is 0 Å². The van der Waals surface area contributed by atoms with Crippen molar-refractivity contribution in [3.8, 4) is 0 Å². The lowest BCUT2D eigenvalue weighted by Gasteiger charge is -2.08. The highest BCUT2D eigenvalue weighted by Gasteiger charge is 2.02. The summed E-state index contributed by atoms with van der Waals surface area (Å²) in [5.41, 5.74) is 1.74. The average molecular weight is 290 g/mol. The maximum absolute atomic E-state index is 11.3. The van der Waals surface area contributed by atoms with Crippen LogP contribution < -0.4 is 10.6 Å². The Kier molecular flexibility index (Phi) is 5.01. The second-order valence-corrected chi connectivity index (χ2v) is 5.66. The molecule has 0 fully saturated rings. The molecule has 0 unspecified atom stereocenters. The quantitative estimate of drug-likeness (QED) is 0.866. The zero-order chi connectivity index (χ0) is 14.4. The highest BCUT2D eigenvalue weighted by molar-refractivity contribution is 7.11. The van der Waals surface area contributed by atoms with E-state index in [9.17, 15) is 4.79 Å². The first-order chi connectivity index (χ1) is 9.67. The van der Waals surface area contributed by atoms with Crippen LogP contribution in [-0.4, -0.2) is 12.7 Å². The van der Waals surface area contributed by atoms with Crippen LogP contribution >= 0.6 is 11.3 Å². The Morgan fingerprint density at radius 2 is 1.85 bits per heavy atom. The number of amides is 1. The first-order valence-electron chi connectivity index (χ1n) is 6.50. The minimum absolute atomic E-state index is 0.367.